The fourth-order valence-corrected chi connectivity index (χ4v) is 3.61. The lowest BCUT2D eigenvalue weighted by molar-refractivity contribution is 0.175. The summed E-state index contributed by atoms with van der Waals surface area (Å²) < 4.78 is 1.22. The van der Waals surface area contributed by atoms with Gasteiger partial charge in [-0.2, -0.15) is 0 Å². The van der Waals surface area contributed by atoms with Crippen LogP contribution in [0.3, 0.4) is 0 Å². The number of thiophene rings is 1. The van der Waals surface area contributed by atoms with Crippen LogP contribution in [0.4, 0.5) is 10.5 Å². The number of nitrogens with one attached hydrogen (secondary N) is 2. The van der Waals surface area contributed by atoms with Gasteiger partial charge in [0.05, 0.1) is 15.9 Å². The second-order valence-corrected chi connectivity index (χ2v) is 6.28. The normalized spacial score (nSPS) is 16.1. The summed E-state index contributed by atoms with van der Waals surface area (Å²) in [4.78, 5) is 17.8. The van der Waals surface area contributed by atoms with Gasteiger partial charge in [0.25, 0.3) is 0 Å². The zero-order valence-electron chi connectivity index (χ0n) is 12.1. The van der Waals surface area contributed by atoms with E-state index in [2.05, 4.69) is 21.0 Å². The monoisotopic (exact) mass is 304 g/mol. The van der Waals surface area contributed by atoms with Gasteiger partial charge < -0.3 is 15.5 Å². The van der Waals surface area contributed by atoms with Crippen LogP contribution in [0.1, 0.15) is 12.8 Å². The number of hydrogen-bond donors (Lipinski definition) is 2. The summed E-state index contributed by atoms with van der Waals surface area (Å²) in [5, 5.41) is 8.32. The van der Waals surface area contributed by atoms with Gasteiger partial charge in [0, 0.05) is 32.9 Å². The molecule has 0 atom stereocenters. The molecule has 0 spiro atoms. The molecule has 0 radical (unpaired) electrons. The predicted octanol–water partition coefficient (Wildman–Crippen LogP) is 2.76. The van der Waals surface area contributed by atoms with Crippen molar-refractivity contribution in [3.63, 3.8) is 0 Å². The van der Waals surface area contributed by atoms with Crippen LogP contribution in [0.2, 0.25) is 0 Å². The average molecular weight is 304 g/mol. The van der Waals surface area contributed by atoms with Crippen molar-refractivity contribution in [1.29, 1.82) is 0 Å². The van der Waals surface area contributed by atoms with Gasteiger partial charge in [-0.15, -0.1) is 11.3 Å². The van der Waals surface area contributed by atoms with E-state index in [1.54, 1.807) is 18.4 Å². The number of piperidine rings is 1. The summed E-state index contributed by atoms with van der Waals surface area (Å²) >= 11 is 1.72. The summed E-state index contributed by atoms with van der Waals surface area (Å²) in [6.45, 7) is 2.64. The summed E-state index contributed by atoms with van der Waals surface area (Å²) in [5.74, 6) is 0.620. The molecular formula is C15H20N4OS. The smallest absolute Gasteiger partial charge is 0.317 e. The maximum Gasteiger partial charge on any atom is 0.317 e. The summed E-state index contributed by atoms with van der Waals surface area (Å²) in [6.07, 6.45) is 3.96. The molecule has 1 fully saturated rings. The second kappa shape index (κ2) is 6.30. The number of amides is 2. The van der Waals surface area contributed by atoms with Gasteiger partial charge in [0.2, 0.25) is 0 Å². The number of carbonyl (C=O) groups is 1. The molecule has 0 aromatic carbocycles. The van der Waals surface area contributed by atoms with Crippen molar-refractivity contribution >= 4 is 33.3 Å². The molecular weight excluding hydrogens is 284 g/mol. The van der Waals surface area contributed by atoms with Gasteiger partial charge >= 0.3 is 6.03 Å². The molecule has 1 saturated heterocycles. The Morgan fingerprint density at radius 1 is 1.43 bits per heavy atom. The number of likely N-dealkylation sites (tertiary alicyclic amines) is 1. The highest BCUT2D eigenvalue weighted by molar-refractivity contribution is 7.17. The number of urea groups is 1. The molecule has 2 N–H and O–H groups in total. The SMILES string of the molecule is CNC(=O)N1CCC(CNc2ccnc3ccsc23)CC1. The first-order valence-corrected chi connectivity index (χ1v) is 8.18. The fraction of sp³-hybridized carbons (Fsp3) is 0.467. The Balaban J connectivity index is 1.55. The minimum atomic E-state index is 0.0378. The average Bonchev–Trinajstić information content (AvgIpc) is 3.02. The van der Waals surface area contributed by atoms with E-state index in [0.717, 1.165) is 38.0 Å². The van der Waals surface area contributed by atoms with Crippen molar-refractivity contribution in [3.05, 3.63) is 23.7 Å². The minimum absolute atomic E-state index is 0.0378. The van der Waals surface area contributed by atoms with Crippen molar-refractivity contribution in [3.8, 4) is 0 Å². The number of aromatic nitrogens is 1. The first-order chi connectivity index (χ1) is 10.3. The van der Waals surface area contributed by atoms with Crippen LogP contribution in [0.25, 0.3) is 10.2 Å². The van der Waals surface area contributed by atoms with E-state index < -0.39 is 0 Å². The molecule has 6 heteroatoms. The van der Waals surface area contributed by atoms with Crippen LogP contribution in [0, 0.1) is 5.92 Å². The molecule has 3 rings (SSSR count). The van der Waals surface area contributed by atoms with Gasteiger partial charge in [-0.1, -0.05) is 0 Å². The molecule has 2 amide bonds. The third kappa shape index (κ3) is 3.10. The van der Waals surface area contributed by atoms with Gasteiger partial charge in [-0.05, 0) is 36.3 Å². The Morgan fingerprint density at radius 3 is 3.00 bits per heavy atom. The van der Waals surface area contributed by atoms with Crippen molar-refractivity contribution in [2.45, 2.75) is 12.8 Å². The quantitative estimate of drug-likeness (QED) is 0.917. The number of pyridine rings is 1. The fourth-order valence-electron chi connectivity index (χ4n) is 2.77. The van der Waals surface area contributed by atoms with Crippen LogP contribution in [0.5, 0.6) is 0 Å². The molecule has 0 aliphatic carbocycles. The number of hydrogen-bond acceptors (Lipinski definition) is 4. The molecule has 5 nitrogen and oxygen atoms in total. The zero-order chi connectivity index (χ0) is 14.7. The van der Waals surface area contributed by atoms with Crippen LogP contribution in [-0.2, 0) is 0 Å². The third-order valence-corrected chi connectivity index (χ3v) is 4.98. The largest absolute Gasteiger partial charge is 0.384 e. The van der Waals surface area contributed by atoms with Gasteiger partial charge in [-0.3, -0.25) is 4.98 Å². The Hall–Kier alpha value is -1.82. The Bertz CT molecular complexity index is 619. The van der Waals surface area contributed by atoms with Crippen molar-refractivity contribution in [1.82, 2.24) is 15.2 Å². The van der Waals surface area contributed by atoms with E-state index in [1.165, 1.54) is 10.4 Å². The lowest BCUT2D eigenvalue weighted by atomic mass is 9.97. The van der Waals surface area contributed by atoms with E-state index in [0.29, 0.717) is 5.92 Å². The highest BCUT2D eigenvalue weighted by Crippen LogP contribution is 2.27. The molecule has 2 aromatic rings. The van der Waals surface area contributed by atoms with Gasteiger partial charge in [0.1, 0.15) is 0 Å². The molecule has 0 saturated carbocycles. The first-order valence-electron chi connectivity index (χ1n) is 7.30. The standard InChI is InChI=1S/C15H20N4OS/c1-16-15(20)19-7-3-11(4-8-19)10-18-12-2-6-17-13-5-9-21-14(12)13/h2,5-6,9,11H,3-4,7-8,10H2,1H3,(H,16,20)(H,17,18). The van der Waals surface area contributed by atoms with E-state index in [4.69, 9.17) is 0 Å². The van der Waals surface area contributed by atoms with Crippen molar-refractivity contribution in [2.75, 3.05) is 32.0 Å². The highest BCUT2D eigenvalue weighted by Gasteiger charge is 2.21. The molecule has 0 unspecified atom stereocenters. The third-order valence-electron chi connectivity index (χ3n) is 4.04. The zero-order valence-corrected chi connectivity index (χ0v) is 12.9. The summed E-state index contributed by atoms with van der Waals surface area (Å²) in [5.41, 5.74) is 2.23. The minimum Gasteiger partial charge on any atom is -0.384 e. The Morgan fingerprint density at radius 2 is 2.24 bits per heavy atom. The Kier molecular flexibility index (Phi) is 4.24. The Labute approximate surface area is 128 Å². The van der Waals surface area contributed by atoms with Crippen LogP contribution in [0.15, 0.2) is 23.7 Å². The number of nitrogens with zero attached hydrogens (tertiary/aromatic N) is 2. The molecule has 112 valence electrons. The van der Waals surface area contributed by atoms with Crippen LogP contribution < -0.4 is 10.6 Å². The predicted molar refractivity (Wildman–Crippen MR) is 86.9 cm³/mol. The molecule has 0 bridgehead atoms. The molecule has 3 heterocycles. The number of rotatable bonds is 3. The van der Waals surface area contributed by atoms with Gasteiger partial charge in [-0.25, -0.2) is 4.79 Å². The van der Waals surface area contributed by atoms with E-state index in [9.17, 15) is 4.79 Å². The number of anilines is 1. The molecule has 1 aliphatic heterocycles. The van der Waals surface area contributed by atoms with Crippen LogP contribution in [-0.4, -0.2) is 42.6 Å². The molecule has 2 aromatic heterocycles. The highest BCUT2D eigenvalue weighted by atomic mass is 32.1. The lowest BCUT2D eigenvalue weighted by Crippen LogP contribution is -2.44. The first kappa shape index (κ1) is 14.1. The second-order valence-electron chi connectivity index (χ2n) is 5.36. The van der Waals surface area contributed by atoms with E-state index >= 15 is 0 Å². The lowest BCUT2D eigenvalue weighted by Gasteiger charge is -2.31. The van der Waals surface area contributed by atoms with Gasteiger partial charge in [0.15, 0.2) is 0 Å². The summed E-state index contributed by atoms with van der Waals surface area (Å²) in [6, 6.07) is 4.13. The maximum atomic E-state index is 11.6. The van der Waals surface area contributed by atoms with E-state index in [1.807, 2.05) is 23.2 Å². The molecule has 1 aliphatic rings. The van der Waals surface area contributed by atoms with E-state index in [-0.39, 0.29) is 6.03 Å². The topological polar surface area (TPSA) is 57.3 Å². The number of fused-ring (bicyclic) bond motifs is 1. The molecule has 21 heavy (non-hydrogen) atoms. The van der Waals surface area contributed by atoms with Crippen LogP contribution >= 0.6 is 11.3 Å². The maximum absolute atomic E-state index is 11.6. The number of carbonyl (C=O) groups excluding carboxylic acids is 1. The summed E-state index contributed by atoms with van der Waals surface area (Å²) in [7, 11) is 1.69. The van der Waals surface area contributed by atoms with Crippen molar-refractivity contribution < 1.29 is 4.79 Å². The van der Waals surface area contributed by atoms with Crippen molar-refractivity contribution in [2.24, 2.45) is 5.92 Å².